The third-order valence-electron chi connectivity index (χ3n) is 1.99. The smallest absolute Gasteiger partial charge is 0.392 e. The van der Waals surface area contributed by atoms with Gasteiger partial charge in [-0.15, -0.1) is 0 Å². The summed E-state index contributed by atoms with van der Waals surface area (Å²) in [5.74, 6) is 0.190. The maximum absolute atomic E-state index is 9.52. The Morgan fingerprint density at radius 2 is 1.77 bits per heavy atom. The first kappa shape index (κ1) is 7.56. The molecule has 2 aliphatic rings. The third kappa shape index (κ3) is 1.09. The number of aromatic hydroxyl groups is 1. The van der Waals surface area contributed by atoms with E-state index in [-0.39, 0.29) is 5.75 Å². The Hall–Kier alpha value is -2.08. The van der Waals surface area contributed by atoms with Crippen molar-refractivity contribution in [2.45, 2.75) is 0 Å². The van der Waals surface area contributed by atoms with E-state index >= 15 is 0 Å². The Morgan fingerprint density at radius 1 is 1.00 bits per heavy atom. The Labute approximate surface area is 75.2 Å². The summed E-state index contributed by atoms with van der Waals surface area (Å²) in [7, 11) is 0. The van der Waals surface area contributed by atoms with Gasteiger partial charge < -0.3 is 5.11 Å². The minimum absolute atomic E-state index is 0.190. The fourth-order valence-electron chi connectivity index (χ4n) is 1.35. The number of diazo groups is 1. The molecule has 0 radical (unpaired) electrons. The van der Waals surface area contributed by atoms with Crippen LogP contribution in [-0.2, 0) is 0 Å². The molecule has 1 N–H and O–H groups in total. The lowest BCUT2D eigenvalue weighted by atomic mass is 10.2. The zero-order valence-corrected chi connectivity index (χ0v) is 6.81. The van der Waals surface area contributed by atoms with Crippen molar-refractivity contribution in [1.29, 1.82) is 5.39 Å². The molecule has 3 heteroatoms. The lowest BCUT2D eigenvalue weighted by Crippen LogP contribution is -1.66. The molecule has 0 aromatic carbocycles. The van der Waals surface area contributed by atoms with Crippen molar-refractivity contribution in [3.05, 3.63) is 41.4 Å². The number of fused-ring (bicyclic) bond motifs is 1. The van der Waals surface area contributed by atoms with Crippen molar-refractivity contribution >= 4 is 5.69 Å². The number of hydrogen-bond acceptors (Lipinski definition) is 2. The predicted molar refractivity (Wildman–Crippen MR) is 49.5 cm³/mol. The van der Waals surface area contributed by atoms with Crippen LogP contribution in [0, 0.1) is 5.39 Å². The summed E-state index contributed by atoms with van der Waals surface area (Å²) in [6.45, 7) is 0. The van der Waals surface area contributed by atoms with Gasteiger partial charge in [-0.3, -0.25) is 0 Å². The Morgan fingerprint density at radius 3 is 2.54 bits per heavy atom. The van der Waals surface area contributed by atoms with Crippen LogP contribution < -0.4 is 0 Å². The lowest BCUT2D eigenvalue weighted by molar-refractivity contribution is 0.478. The summed E-state index contributed by atoms with van der Waals surface area (Å²) >= 11 is 0. The van der Waals surface area contributed by atoms with E-state index in [9.17, 15) is 5.11 Å². The van der Waals surface area contributed by atoms with Crippen LogP contribution in [0.4, 0.5) is 5.69 Å². The zero-order valence-electron chi connectivity index (χ0n) is 6.81. The van der Waals surface area contributed by atoms with Crippen molar-refractivity contribution < 1.29 is 5.11 Å². The van der Waals surface area contributed by atoms with E-state index < -0.39 is 0 Å². The van der Waals surface area contributed by atoms with Crippen LogP contribution in [0.3, 0.4) is 0 Å². The molecule has 0 saturated carbocycles. The summed E-state index contributed by atoms with van der Waals surface area (Å²) in [5.41, 5.74) is 1.91. The van der Waals surface area contributed by atoms with E-state index in [0.29, 0.717) is 11.3 Å². The Balaban J connectivity index is 2.79. The quantitative estimate of drug-likeness (QED) is 0.619. The molecule has 2 aliphatic carbocycles. The van der Waals surface area contributed by atoms with Gasteiger partial charge in [0.15, 0.2) is 4.98 Å². The molecule has 0 unspecified atom stereocenters. The normalized spacial score (nSPS) is 9.77. The van der Waals surface area contributed by atoms with Gasteiger partial charge in [0.05, 0.1) is 5.56 Å². The minimum atomic E-state index is 0.190. The average Bonchev–Trinajstić information content (AvgIpc) is 2.47. The first-order valence-corrected chi connectivity index (χ1v) is 3.89. The van der Waals surface area contributed by atoms with Gasteiger partial charge in [-0.25, -0.2) is 0 Å². The molecule has 2 rings (SSSR count). The maximum Gasteiger partial charge on any atom is 0.392 e. The van der Waals surface area contributed by atoms with Crippen LogP contribution in [0.15, 0.2) is 36.4 Å². The van der Waals surface area contributed by atoms with E-state index in [1.54, 1.807) is 36.4 Å². The fraction of sp³-hybridized carbons (Fsp3) is 0. The zero-order chi connectivity index (χ0) is 9.26. The Kier molecular flexibility index (Phi) is 1.60. The SMILES string of the molecule is N#[N+]c1ccc2c(O)ccccc1-2. The highest BCUT2D eigenvalue weighted by Crippen LogP contribution is 2.38. The summed E-state index contributed by atoms with van der Waals surface area (Å²) in [6, 6.07) is 10.3. The lowest BCUT2D eigenvalue weighted by Gasteiger charge is -1.90. The molecular weight excluding hydrogens is 164 g/mol. The van der Waals surface area contributed by atoms with E-state index in [1.807, 2.05) is 0 Å². The molecule has 0 heterocycles. The highest BCUT2D eigenvalue weighted by molar-refractivity contribution is 5.84. The van der Waals surface area contributed by atoms with Crippen LogP contribution >= 0.6 is 0 Å². The van der Waals surface area contributed by atoms with Crippen molar-refractivity contribution in [2.24, 2.45) is 0 Å². The summed E-state index contributed by atoms with van der Waals surface area (Å²) in [4.78, 5) is 3.12. The van der Waals surface area contributed by atoms with Gasteiger partial charge in [0.2, 0.25) is 5.39 Å². The summed E-state index contributed by atoms with van der Waals surface area (Å²) < 4.78 is 0. The van der Waals surface area contributed by atoms with Gasteiger partial charge in [0.25, 0.3) is 0 Å². The molecule has 0 aromatic heterocycles. The van der Waals surface area contributed by atoms with Crippen molar-refractivity contribution in [3.63, 3.8) is 0 Å². The van der Waals surface area contributed by atoms with Crippen LogP contribution in [-0.4, -0.2) is 5.11 Å². The molecule has 0 saturated heterocycles. The molecule has 62 valence electrons. The first-order chi connectivity index (χ1) is 6.33. The summed E-state index contributed by atoms with van der Waals surface area (Å²) in [5, 5.41) is 18.2. The molecular formula is C10H7N2O+. The molecule has 0 aromatic rings. The van der Waals surface area contributed by atoms with Crippen LogP contribution in [0.5, 0.6) is 5.75 Å². The van der Waals surface area contributed by atoms with Crippen LogP contribution in [0.1, 0.15) is 0 Å². The first-order valence-electron chi connectivity index (χ1n) is 3.89. The maximum atomic E-state index is 9.52. The van der Waals surface area contributed by atoms with Crippen LogP contribution in [0.2, 0.25) is 0 Å². The molecule has 3 nitrogen and oxygen atoms in total. The number of rotatable bonds is 0. The van der Waals surface area contributed by atoms with Gasteiger partial charge in [0.1, 0.15) is 5.75 Å². The molecule has 0 bridgehead atoms. The Bertz CT molecular complexity index is 459. The van der Waals surface area contributed by atoms with Gasteiger partial charge in [-0.1, -0.05) is 12.1 Å². The summed E-state index contributed by atoms with van der Waals surface area (Å²) in [6.07, 6.45) is 0. The highest BCUT2D eigenvalue weighted by atomic mass is 16.3. The second kappa shape index (κ2) is 2.76. The monoisotopic (exact) mass is 171 g/mol. The molecule has 13 heavy (non-hydrogen) atoms. The standard InChI is InChI=1S/C10H6N2O/c11-12-9-6-5-8-7(9)3-1-2-4-10(8)13/h1-6H/p+1. The number of nitrogens with zero attached hydrogens (tertiary/aromatic N) is 2. The second-order valence-electron chi connectivity index (χ2n) is 2.75. The molecule has 0 aliphatic heterocycles. The molecule has 0 spiro atoms. The number of hydrogen-bond donors (Lipinski definition) is 1. The average molecular weight is 171 g/mol. The van der Waals surface area contributed by atoms with Crippen LogP contribution in [0.25, 0.3) is 16.1 Å². The molecule has 0 fully saturated rings. The van der Waals surface area contributed by atoms with Gasteiger partial charge >= 0.3 is 5.69 Å². The van der Waals surface area contributed by atoms with Gasteiger partial charge in [-0.05, 0) is 18.2 Å². The predicted octanol–water partition coefficient (Wildman–Crippen LogP) is 2.98. The van der Waals surface area contributed by atoms with E-state index in [2.05, 4.69) is 4.98 Å². The fourth-order valence-corrected chi connectivity index (χ4v) is 1.35. The topological polar surface area (TPSA) is 48.4 Å². The third-order valence-corrected chi connectivity index (χ3v) is 1.99. The minimum Gasteiger partial charge on any atom is -0.507 e. The van der Waals surface area contributed by atoms with Crippen molar-refractivity contribution in [2.75, 3.05) is 0 Å². The second-order valence-corrected chi connectivity index (χ2v) is 2.75. The van der Waals surface area contributed by atoms with Gasteiger partial charge in [-0.2, -0.15) is 0 Å². The van der Waals surface area contributed by atoms with E-state index in [0.717, 1.165) is 5.56 Å². The van der Waals surface area contributed by atoms with Crippen molar-refractivity contribution in [3.8, 4) is 16.9 Å². The highest BCUT2D eigenvalue weighted by Gasteiger charge is 2.19. The van der Waals surface area contributed by atoms with Gasteiger partial charge in [0, 0.05) is 11.6 Å². The molecule has 0 amide bonds. The van der Waals surface area contributed by atoms with E-state index in [1.165, 1.54) is 0 Å². The van der Waals surface area contributed by atoms with E-state index in [4.69, 9.17) is 5.39 Å². The van der Waals surface area contributed by atoms with Crippen molar-refractivity contribution in [1.82, 2.24) is 0 Å². The largest absolute Gasteiger partial charge is 0.507 e. The molecule has 0 atom stereocenters.